The lowest BCUT2D eigenvalue weighted by atomic mass is 10.1. The number of rotatable bonds is 7. The lowest BCUT2D eigenvalue weighted by Crippen LogP contribution is -2.36. The van der Waals surface area contributed by atoms with Crippen LogP contribution < -0.4 is 11.1 Å². The van der Waals surface area contributed by atoms with Crippen LogP contribution in [0.15, 0.2) is 43.0 Å². The predicted molar refractivity (Wildman–Crippen MR) is 115 cm³/mol. The predicted octanol–water partition coefficient (Wildman–Crippen LogP) is 0.204. The molecule has 1 saturated heterocycles. The Morgan fingerprint density at radius 1 is 1.33 bits per heavy atom. The SMILES string of the molecule is CC(N)P(=O)(O)O[C@@H]1[C@H](O)[C@@H](CO)O[C@H]1n1cnc2c(NC(=O)c3ccccc3)ncnc21. The van der Waals surface area contributed by atoms with Crippen LogP contribution in [0.4, 0.5) is 5.82 Å². The summed E-state index contributed by atoms with van der Waals surface area (Å²) in [6.07, 6.45) is -2.56. The minimum Gasteiger partial charge on any atom is -0.394 e. The average molecular weight is 478 g/mol. The van der Waals surface area contributed by atoms with Gasteiger partial charge in [0.1, 0.15) is 30.4 Å². The highest BCUT2D eigenvalue weighted by atomic mass is 31.2. The molecule has 0 saturated carbocycles. The van der Waals surface area contributed by atoms with E-state index in [1.807, 2.05) is 0 Å². The lowest BCUT2D eigenvalue weighted by Gasteiger charge is -2.25. The van der Waals surface area contributed by atoms with Crippen LogP contribution in [-0.2, 0) is 13.8 Å². The normalized spacial score (nSPS) is 25.6. The molecular weight excluding hydrogens is 455 g/mol. The van der Waals surface area contributed by atoms with Gasteiger partial charge in [-0.1, -0.05) is 18.2 Å². The molecule has 3 aromatic rings. The number of carbonyl (C=O) groups excluding carboxylic acids is 1. The third-order valence-corrected chi connectivity index (χ3v) is 6.76. The van der Waals surface area contributed by atoms with Gasteiger partial charge in [0, 0.05) is 5.56 Å². The minimum absolute atomic E-state index is 0.130. The molecule has 33 heavy (non-hydrogen) atoms. The van der Waals surface area contributed by atoms with E-state index in [0.717, 1.165) is 0 Å². The van der Waals surface area contributed by atoms with Crippen LogP contribution >= 0.6 is 7.60 Å². The summed E-state index contributed by atoms with van der Waals surface area (Å²) in [5, 5.41) is 22.7. The molecule has 14 heteroatoms. The molecule has 13 nitrogen and oxygen atoms in total. The number of benzene rings is 1. The highest BCUT2D eigenvalue weighted by Crippen LogP contribution is 2.50. The minimum atomic E-state index is -4.32. The Labute approximate surface area is 187 Å². The number of nitrogens with two attached hydrogens (primary N) is 1. The van der Waals surface area contributed by atoms with Crippen LogP contribution in [0.5, 0.6) is 0 Å². The second-order valence-electron chi connectivity index (χ2n) is 7.48. The molecule has 0 radical (unpaired) electrons. The molecule has 176 valence electrons. The van der Waals surface area contributed by atoms with Crippen molar-refractivity contribution in [3.63, 3.8) is 0 Å². The second-order valence-corrected chi connectivity index (χ2v) is 9.63. The van der Waals surface area contributed by atoms with Gasteiger partial charge in [-0.25, -0.2) is 15.0 Å². The van der Waals surface area contributed by atoms with Gasteiger partial charge >= 0.3 is 7.60 Å². The number of hydrogen-bond donors (Lipinski definition) is 5. The van der Waals surface area contributed by atoms with E-state index in [1.54, 1.807) is 30.3 Å². The van der Waals surface area contributed by atoms with E-state index in [0.29, 0.717) is 5.56 Å². The zero-order chi connectivity index (χ0) is 23.8. The van der Waals surface area contributed by atoms with Crippen LogP contribution in [0.3, 0.4) is 0 Å². The van der Waals surface area contributed by atoms with Gasteiger partial charge in [-0.15, -0.1) is 0 Å². The monoisotopic (exact) mass is 478 g/mol. The Kier molecular flexibility index (Phi) is 6.54. The fraction of sp³-hybridized carbons (Fsp3) is 0.368. The van der Waals surface area contributed by atoms with E-state index in [2.05, 4.69) is 20.3 Å². The molecule has 6 atom stereocenters. The van der Waals surface area contributed by atoms with Crippen molar-refractivity contribution in [3.05, 3.63) is 48.5 Å². The largest absolute Gasteiger partial charge is 0.394 e. The molecule has 1 aromatic carbocycles. The fourth-order valence-electron chi connectivity index (χ4n) is 3.38. The maximum atomic E-state index is 12.5. The zero-order valence-electron chi connectivity index (χ0n) is 17.4. The Balaban J connectivity index is 1.68. The van der Waals surface area contributed by atoms with Crippen molar-refractivity contribution < 1.29 is 33.7 Å². The van der Waals surface area contributed by atoms with Crippen LogP contribution in [0.2, 0.25) is 0 Å². The van der Waals surface area contributed by atoms with Crippen molar-refractivity contribution in [2.75, 3.05) is 11.9 Å². The van der Waals surface area contributed by atoms with Gasteiger partial charge < -0.3 is 30.9 Å². The second kappa shape index (κ2) is 9.23. The van der Waals surface area contributed by atoms with Crippen molar-refractivity contribution in [1.82, 2.24) is 19.5 Å². The summed E-state index contributed by atoms with van der Waals surface area (Å²) in [4.78, 5) is 35.1. The number of fused-ring (bicyclic) bond motifs is 1. The number of nitrogens with zero attached hydrogens (tertiary/aromatic N) is 4. The van der Waals surface area contributed by atoms with Crippen molar-refractivity contribution >= 4 is 30.5 Å². The summed E-state index contributed by atoms with van der Waals surface area (Å²) < 4.78 is 24.7. The number of imidazole rings is 1. The van der Waals surface area contributed by atoms with Crippen LogP contribution in [0.25, 0.3) is 11.2 Å². The molecule has 0 bridgehead atoms. The molecule has 1 aliphatic rings. The summed E-state index contributed by atoms with van der Waals surface area (Å²) in [7, 11) is -4.32. The summed E-state index contributed by atoms with van der Waals surface area (Å²) in [6, 6.07) is 8.51. The Morgan fingerprint density at radius 2 is 2.06 bits per heavy atom. The molecule has 4 rings (SSSR count). The molecule has 3 heterocycles. The number of ether oxygens (including phenoxy) is 1. The van der Waals surface area contributed by atoms with Gasteiger partial charge in [-0.3, -0.25) is 18.5 Å². The highest BCUT2D eigenvalue weighted by molar-refractivity contribution is 7.53. The maximum absolute atomic E-state index is 12.5. The van der Waals surface area contributed by atoms with E-state index in [4.69, 9.17) is 15.0 Å². The van der Waals surface area contributed by atoms with Crippen LogP contribution in [-0.4, -0.2) is 71.2 Å². The molecule has 1 aliphatic heterocycles. The summed E-state index contributed by atoms with van der Waals surface area (Å²) in [5.41, 5.74) is 6.37. The standard InChI is InChI=1S/C19H23N6O7P/c1-10(20)33(29,30)32-15-14(27)12(7-26)31-19(15)25-9-23-13-16(21-8-22-17(13)25)24-18(28)11-5-3-2-4-6-11/h2-6,8-10,12,14-15,19,26-27H,7,20H2,1H3,(H,29,30)(H,21,22,24,28)/t10?,12-,14-,15-,19-/m1/s1. The van der Waals surface area contributed by atoms with E-state index in [-0.39, 0.29) is 17.0 Å². The third kappa shape index (κ3) is 4.52. The first-order chi connectivity index (χ1) is 15.7. The van der Waals surface area contributed by atoms with Crippen LogP contribution in [0.1, 0.15) is 23.5 Å². The Morgan fingerprint density at radius 3 is 2.73 bits per heavy atom. The topological polar surface area (TPSA) is 195 Å². The molecule has 2 unspecified atom stereocenters. The van der Waals surface area contributed by atoms with Gasteiger partial charge in [0.2, 0.25) is 0 Å². The Bertz CT molecular complexity index is 1190. The first-order valence-corrected chi connectivity index (χ1v) is 11.6. The van der Waals surface area contributed by atoms with Gasteiger partial charge in [0.05, 0.1) is 12.9 Å². The number of aliphatic hydroxyl groups excluding tert-OH is 2. The first kappa shape index (κ1) is 23.4. The Hall–Kier alpha value is -2.77. The van der Waals surface area contributed by atoms with Gasteiger partial charge in [-0.2, -0.15) is 0 Å². The molecule has 0 aliphatic carbocycles. The number of aromatic nitrogens is 4. The van der Waals surface area contributed by atoms with Crippen molar-refractivity contribution in [2.24, 2.45) is 5.73 Å². The molecular formula is C19H23N6O7P. The third-order valence-electron chi connectivity index (χ3n) is 5.18. The number of hydrogen-bond acceptors (Lipinski definition) is 10. The lowest BCUT2D eigenvalue weighted by molar-refractivity contribution is -0.0494. The van der Waals surface area contributed by atoms with Gasteiger partial charge in [-0.05, 0) is 19.1 Å². The average Bonchev–Trinajstić information content (AvgIpc) is 3.36. The molecule has 6 N–H and O–H groups in total. The van der Waals surface area contributed by atoms with E-state index in [9.17, 15) is 24.5 Å². The number of aliphatic hydroxyl groups is 2. The summed E-state index contributed by atoms with van der Waals surface area (Å²) in [6.45, 7) is 0.731. The molecule has 1 amide bonds. The maximum Gasteiger partial charge on any atom is 0.344 e. The quantitative estimate of drug-likeness (QED) is 0.291. The van der Waals surface area contributed by atoms with Crippen molar-refractivity contribution in [1.29, 1.82) is 0 Å². The first-order valence-electron chi connectivity index (χ1n) is 9.97. The molecule has 1 fully saturated rings. The number of nitrogens with one attached hydrogen (secondary N) is 1. The number of anilines is 1. The molecule has 2 aromatic heterocycles. The van der Waals surface area contributed by atoms with E-state index >= 15 is 0 Å². The summed E-state index contributed by atoms with van der Waals surface area (Å²) >= 11 is 0. The van der Waals surface area contributed by atoms with Gasteiger partial charge in [0.15, 0.2) is 23.2 Å². The summed E-state index contributed by atoms with van der Waals surface area (Å²) in [5.74, 6) is -1.50. The smallest absolute Gasteiger partial charge is 0.344 e. The van der Waals surface area contributed by atoms with Gasteiger partial charge in [0.25, 0.3) is 5.91 Å². The zero-order valence-corrected chi connectivity index (χ0v) is 18.3. The van der Waals surface area contributed by atoms with E-state index in [1.165, 1.54) is 24.1 Å². The number of amides is 1. The van der Waals surface area contributed by atoms with E-state index < -0.39 is 50.4 Å². The van der Waals surface area contributed by atoms with Crippen molar-refractivity contribution in [3.8, 4) is 0 Å². The van der Waals surface area contributed by atoms with Crippen LogP contribution in [0, 0.1) is 0 Å². The highest BCUT2D eigenvalue weighted by Gasteiger charge is 2.49. The fourth-order valence-corrected chi connectivity index (χ4v) is 4.15. The molecule has 0 spiro atoms. The number of carbonyl (C=O) groups is 1. The van der Waals surface area contributed by atoms with Crippen molar-refractivity contribution in [2.45, 2.75) is 37.2 Å².